The van der Waals surface area contributed by atoms with E-state index in [9.17, 15) is 0 Å². The summed E-state index contributed by atoms with van der Waals surface area (Å²) in [6.07, 6.45) is 0. The molecule has 0 aliphatic rings. The van der Waals surface area contributed by atoms with Crippen molar-refractivity contribution in [3.63, 3.8) is 0 Å². The first-order chi connectivity index (χ1) is 8.52. The van der Waals surface area contributed by atoms with Crippen molar-refractivity contribution in [3.8, 4) is 16.9 Å². The van der Waals surface area contributed by atoms with Crippen LogP contribution < -0.4 is 10.5 Å². The Hall–Kier alpha value is -1.48. The maximum atomic E-state index is 6.09. The number of rotatable bonds is 3. The molecule has 0 atom stereocenters. The Morgan fingerprint density at radius 2 is 1.89 bits per heavy atom. The van der Waals surface area contributed by atoms with Gasteiger partial charge in [0, 0.05) is 16.0 Å². The van der Waals surface area contributed by atoms with Crippen molar-refractivity contribution >= 4 is 16.3 Å². The van der Waals surface area contributed by atoms with Crippen molar-refractivity contribution in [2.45, 2.75) is 26.7 Å². The summed E-state index contributed by atoms with van der Waals surface area (Å²) < 4.78 is 5.45. The molecule has 18 heavy (non-hydrogen) atoms. The van der Waals surface area contributed by atoms with Gasteiger partial charge in [-0.2, -0.15) is 0 Å². The SMILES string of the molecule is COc1ccc(C(C)C)cc1-c1cc(C)sc1N. The van der Waals surface area contributed by atoms with Crippen LogP contribution in [0.2, 0.25) is 0 Å². The highest BCUT2D eigenvalue weighted by atomic mass is 32.1. The second-order valence-corrected chi connectivity index (χ2v) is 6.04. The van der Waals surface area contributed by atoms with E-state index >= 15 is 0 Å². The molecular formula is C15H19NOS. The van der Waals surface area contributed by atoms with E-state index in [1.165, 1.54) is 10.4 Å². The molecule has 0 unspecified atom stereocenters. The van der Waals surface area contributed by atoms with Gasteiger partial charge in [-0.05, 0) is 36.6 Å². The summed E-state index contributed by atoms with van der Waals surface area (Å²) >= 11 is 1.62. The number of hydrogen-bond acceptors (Lipinski definition) is 3. The fourth-order valence-electron chi connectivity index (χ4n) is 2.04. The molecule has 96 valence electrons. The van der Waals surface area contributed by atoms with Crippen LogP contribution in [0.1, 0.15) is 30.2 Å². The first kappa shape index (κ1) is 13.0. The molecule has 2 rings (SSSR count). The topological polar surface area (TPSA) is 35.2 Å². The third-order valence-corrected chi connectivity index (χ3v) is 3.94. The number of hydrogen-bond donors (Lipinski definition) is 1. The van der Waals surface area contributed by atoms with E-state index in [4.69, 9.17) is 10.5 Å². The fraction of sp³-hybridized carbons (Fsp3) is 0.333. The quantitative estimate of drug-likeness (QED) is 0.886. The highest BCUT2D eigenvalue weighted by Gasteiger charge is 2.13. The van der Waals surface area contributed by atoms with E-state index in [0.29, 0.717) is 5.92 Å². The van der Waals surface area contributed by atoms with Gasteiger partial charge in [0.25, 0.3) is 0 Å². The van der Waals surface area contributed by atoms with Crippen LogP contribution >= 0.6 is 11.3 Å². The number of benzene rings is 1. The number of aryl methyl sites for hydroxylation is 1. The zero-order valence-corrected chi connectivity index (χ0v) is 12.1. The normalized spacial score (nSPS) is 10.9. The number of anilines is 1. The lowest BCUT2D eigenvalue weighted by atomic mass is 9.97. The third-order valence-electron chi connectivity index (χ3n) is 3.06. The maximum absolute atomic E-state index is 6.09. The van der Waals surface area contributed by atoms with Crippen LogP contribution in [0.5, 0.6) is 5.75 Å². The summed E-state index contributed by atoms with van der Waals surface area (Å²) in [4.78, 5) is 1.22. The molecule has 0 fully saturated rings. The Morgan fingerprint density at radius 3 is 2.39 bits per heavy atom. The molecule has 0 amide bonds. The van der Waals surface area contributed by atoms with Crippen molar-refractivity contribution in [1.29, 1.82) is 0 Å². The van der Waals surface area contributed by atoms with Gasteiger partial charge < -0.3 is 10.5 Å². The van der Waals surface area contributed by atoms with Crippen LogP contribution in [-0.4, -0.2) is 7.11 Å². The molecule has 3 heteroatoms. The minimum absolute atomic E-state index is 0.496. The first-order valence-corrected chi connectivity index (χ1v) is 6.88. The lowest BCUT2D eigenvalue weighted by Crippen LogP contribution is -1.93. The summed E-state index contributed by atoms with van der Waals surface area (Å²) in [5.74, 6) is 1.37. The largest absolute Gasteiger partial charge is 0.496 e. The standard InChI is InChI=1S/C15H19NOS/c1-9(2)11-5-6-14(17-4)12(8-11)13-7-10(3)18-15(13)16/h5-9H,16H2,1-4H3. The highest BCUT2D eigenvalue weighted by molar-refractivity contribution is 7.16. The van der Waals surface area contributed by atoms with Gasteiger partial charge in [0.15, 0.2) is 0 Å². The second-order valence-electron chi connectivity index (χ2n) is 4.75. The van der Waals surface area contributed by atoms with Crippen molar-refractivity contribution in [3.05, 3.63) is 34.7 Å². The van der Waals surface area contributed by atoms with Crippen molar-refractivity contribution in [2.75, 3.05) is 12.8 Å². The molecule has 0 radical (unpaired) electrons. The molecule has 1 aromatic heterocycles. The van der Waals surface area contributed by atoms with E-state index in [1.54, 1.807) is 18.4 Å². The molecule has 0 aliphatic carbocycles. The Morgan fingerprint density at radius 1 is 1.17 bits per heavy atom. The van der Waals surface area contributed by atoms with E-state index < -0.39 is 0 Å². The van der Waals surface area contributed by atoms with E-state index in [-0.39, 0.29) is 0 Å². The van der Waals surface area contributed by atoms with Gasteiger partial charge in [-0.15, -0.1) is 11.3 Å². The number of thiophene rings is 1. The Kier molecular flexibility index (Phi) is 3.62. The first-order valence-electron chi connectivity index (χ1n) is 6.07. The lowest BCUT2D eigenvalue weighted by molar-refractivity contribution is 0.416. The molecule has 0 spiro atoms. The van der Waals surface area contributed by atoms with Gasteiger partial charge in [-0.1, -0.05) is 19.9 Å². The summed E-state index contributed by atoms with van der Waals surface area (Å²) in [6, 6.07) is 8.45. The average Bonchev–Trinajstić information content (AvgIpc) is 2.67. The van der Waals surface area contributed by atoms with Gasteiger partial charge in [0.2, 0.25) is 0 Å². The zero-order chi connectivity index (χ0) is 13.3. The predicted molar refractivity (Wildman–Crippen MR) is 79.5 cm³/mol. The number of methoxy groups -OCH3 is 1. The van der Waals surface area contributed by atoms with Crippen LogP contribution in [0.4, 0.5) is 5.00 Å². The fourth-order valence-corrected chi connectivity index (χ4v) is 2.84. The summed E-state index contributed by atoms with van der Waals surface area (Å²) in [7, 11) is 1.70. The van der Waals surface area contributed by atoms with Crippen LogP contribution in [0.25, 0.3) is 11.1 Å². The molecule has 2 aromatic rings. The van der Waals surface area contributed by atoms with Crippen molar-refractivity contribution in [2.24, 2.45) is 0 Å². The lowest BCUT2D eigenvalue weighted by Gasteiger charge is -2.12. The maximum Gasteiger partial charge on any atom is 0.126 e. The molecule has 1 aromatic carbocycles. The van der Waals surface area contributed by atoms with Gasteiger partial charge in [0.05, 0.1) is 12.1 Å². The monoisotopic (exact) mass is 261 g/mol. The molecule has 0 bridgehead atoms. The Bertz CT molecular complexity index is 558. The van der Waals surface area contributed by atoms with Crippen LogP contribution in [0.15, 0.2) is 24.3 Å². The molecular weight excluding hydrogens is 242 g/mol. The average molecular weight is 261 g/mol. The Labute approximate surface area is 112 Å². The van der Waals surface area contributed by atoms with Crippen LogP contribution in [0, 0.1) is 6.92 Å². The number of nitrogen functional groups attached to an aromatic ring is 1. The predicted octanol–water partition coefficient (Wildman–Crippen LogP) is 4.44. The molecule has 1 heterocycles. The van der Waals surface area contributed by atoms with Gasteiger partial charge in [-0.3, -0.25) is 0 Å². The minimum atomic E-state index is 0.496. The summed E-state index contributed by atoms with van der Waals surface area (Å²) in [5, 5.41) is 0.853. The van der Waals surface area contributed by atoms with E-state index in [2.05, 4.69) is 39.0 Å². The van der Waals surface area contributed by atoms with Crippen LogP contribution in [-0.2, 0) is 0 Å². The van der Waals surface area contributed by atoms with Gasteiger partial charge in [0.1, 0.15) is 5.75 Å². The second kappa shape index (κ2) is 5.02. The van der Waals surface area contributed by atoms with Gasteiger partial charge >= 0.3 is 0 Å². The summed E-state index contributed by atoms with van der Waals surface area (Å²) in [5.41, 5.74) is 9.56. The van der Waals surface area contributed by atoms with E-state index in [0.717, 1.165) is 21.9 Å². The molecule has 0 aliphatic heterocycles. The van der Waals surface area contributed by atoms with E-state index in [1.807, 2.05) is 6.07 Å². The highest BCUT2D eigenvalue weighted by Crippen LogP contribution is 2.39. The minimum Gasteiger partial charge on any atom is -0.496 e. The third kappa shape index (κ3) is 2.36. The van der Waals surface area contributed by atoms with Crippen molar-refractivity contribution < 1.29 is 4.74 Å². The molecule has 2 nitrogen and oxygen atoms in total. The number of ether oxygens (including phenoxy) is 1. The molecule has 2 N–H and O–H groups in total. The molecule has 0 saturated carbocycles. The number of nitrogens with two attached hydrogens (primary N) is 1. The van der Waals surface area contributed by atoms with Crippen LogP contribution in [0.3, 0.4) is 0 Å². The Balaban J connectivity index is 2.60. The zero-order valence-electron chi connectivity index (χ0n) is 11.3. The van der Waals surface area contributed by atoms with Gasteiger partial charge in [-0.25, -0.2) is 0 Å². The molecule has 0 saturated heterocycles. The van der Waals surface area contributed by atoms with Crippen molar-refractivity contribution in [1.82, 2.24) is 0 Å². The summed E-state index contributed by atoms with van der Waals surface area (Å²) in [6.45, 7) is 6.45. The smallest absolute Gasteiger partial charge is 0.126 e.